The molecule has 0 aliphatic rings. The van der Waals surface area contributed by atoms with Gasteiger partial charge in [-0.2, -0.15) is 5.10 Å². The van der Waals surface area contributed by atoms with E-state index in [9.17, 15) is 0 Å². The highest BCUT2D eigenvalue weighted by Crippen LogP contribution is 2.12. The molecule has 1 atom stereocenters. The molecule has 2 aromatic rings. The fourth-order valence-electron chi connectivity index (χ4n) is 1.78. The lowest BCUT2D eigenvalue weighted by molar-refractivity contribution is 0.670. The summed E-state index contributed by atoms with van der Waals surface area (Å²) in [5, 5.41) is 7.10. The Morgan fingerprint density at radius 3 is 2.76 bits per heavy atom. The monoisotopic (exact) mass is 230 g/mol. The van der Waals surface area contributed by atoms with Crippen molar-refractivity contribution in [1.82, 2.24) is 15.2 Å². The van der Waals surface area contributed by atoms with E-state index in [0.717, 1.165) is 25.1 Å². The zero-order chi connectivity index (χ0) is 12.1. The average molecular weight is 230 g/mol. The normalized spacial score (nSPS) is 12.6. The van der Waals surface area contributed by atoms with Crippen LogP contribution in [0.25, 0.3) is 0 Å². The number of nitrogens with one attached hydrogen (secondary N) is 1. The van der Waals surface area contributed by atoms with Crippen LogP contribution in [0.4, 0.5) is 0 Å². The maximum absolute atomic E-state index is 6.09. The summed E-state index contributed by atoms with van der Waals surface area (Å²) >= 11 is 0. The Labute approximate surface area is 101 Å². The van der Waals surface area contributed by atoms with Crippen molar-refractivity contribution in [2.24, 2.45) is 5.73 Å². The van der Waals surface area contributed by atoms with Gasteiger partial charge < -0.3 is 5.73 Å². The molecule has 0 saturated heterocycles. The van der Waals surface area contributed by atoms with Crippen LogP contribution in [0.2, 0.25) is 0 Å². The van der Waals surface area contributed by atoms with Crippen molar-refractivity contribution in [3.8, 4) is 0 Å². The smallest absolute Gasteiger partial charge is 0.167 e. The molecule has 0 saturated carbocycles. The van der Waals surface area contributed by atoms with Gasteiger partial charge in [-0.1, -0.05) is 37.3 Å². The summed E-state index contributed by atoms with van der Waals surface area (Å²) in [5.74, 6) is 1.63. The summed E-state index contributed by atoms with van der Waals surface area (Å²) in [4.78, 5) is 4.40. The number of nitrogens with two attached hydrogens (primary N) is 1. The number of nitrogens with zero attached hydrogens (tertiary/aromatic N) is 2. The minimum absolute atomic E-state index is 0.140. The van der Waals surface area contributed by atoms with Gasteiger partial charge in [0.1, 0.15) is 5.82 Å². The fraction of sp³-hybridized carbons (Fsp3) is 0.385. The largest absolute Gasteiger partial charge is 0.321 e. The summed E-state index contributed by atoms with van der Waals surface area (Å²) in [6, 6.07) is 10.0. The molecular weight excluding hydrogens is 212 g/mol. The van der Waals surface area contributed by atoms with Gasteiger partial charge in [0, 0.05) is 6.42 Å². The van der Waals surface area contributed by atoms with E-state index < -0.39 is 0 Å². The first-order valence-electron chi connectivity index (χ1n) is 6.00. The van der Waals surface area contributed by atoms with Crippen LogP contribution in [0.15, 0.2) is 30.3 Å². The van der Waals surface area contributed by atoms with Crippen LogP contribution in [0.1, 0.15) is 36.6 Å². The quantitative estimate of drug-likeness (QED) is 0.825. The molecule has 1 aromatic carbocycles. The van der Waals surface area contributed by atoms with Crippen molar-refractivity contribution in [2.75, 3.05) is 0 Å². The van der Waals surface area contributed by atoms with Crippen molar-refractivity contribution in [3.05, 3.63) is 47.5 Å². The number of benzene rings is 1. The summed E-state index contributed by atoms with van der Waals surface area (Å²) in [5.41, 5.74) is 7.30. The van der Waals surface area contributed by atoms with Crippen LogP contribution in [-0.2, 0) is 12.8 Å². The van der Waals surface area contributed by atoms with E-state index in [1.54, 1.807) is 0 Å². The van der Waals surface area contributed by atoms with Gasteiger partial charge in [0.15, 0.2) is 5.82 Å². The first-order chi connectivity index (χ1) is 8.29. The van der Waals surface area contributed by atoms with Gasteiger partial charge in [0.05, 0.1) is 6.04 Å². The molecule has 3 N–H and O–H groups in total. The van der Waals surface area contributed by atoms with Crippen LogP contribution in [-0.4, -0.2) is 15.2 Å². The van der Waals surface area contributed by atoms with E-state index in [0.29, 0.717) is 5.82 Å². The van der Waals surface area contributed by atoms with Crippen LogP contribution in [0.5, 0.6) is 0 Å². The zero-order valence-corrected chi connectivity index (χ0v) is 10.1. The lowest BCUT2D eigenvalue weighted by Crippen LogP contribution is -2.15. The van der Waals surface area contributed by atoms with Gasteiger partial charge >= 0.3 is 0 Å². The molecule has 0 amide bonds. The fourth-order valence-corrected chi connectivity index (χ4v) is 1.78. The van der Waals surface area contributed by atoms with Crippen molar-refractivity contribution >= 4 is 0 Å². The maximum atomic E-state index is 6.09. The highest BCUT2D eigenvalue weighted by atomic mass is 15.2. The van der Waals surface area contributed by atoms with E-state index in [1.807, 2.05) is 18.2 Å². The second-order valence-electron chi connectivity index (χ2n) is 4.19. The maximum Gasteiger partial charge on any atom is 0.167 e. The lowest BCUT2D eigenvalue weighted by atomic mass is 10.1. The van der Waals surface area contributed by atoms with Gasteiger partial charge in [-0.3, -0.25) is 5.10 Å². The summed E-state index contributed by atoms with van der Waals surface area (Å²) < 4.78 is 0. The minimum Gasteiger partial charge on any atom is -0.321 e. The second kappa shape index (κ2) is 5.59. The number of rotatable bonds is 5. The topological polar surface area (TPSA) is 67.6 Å². The molecule has 0 radical (unpaired) electrons. The second-order valence-corrected chi connectivity index (χ2v) is 4.19. The molecule has 0 fully saturated rings. The highest BCUT2D eigenvalue weighted by molar-refractivity contribution is 5.17. The molecule has 1 unspecified atom stereocenters. The zero-order valence-electron chi connectivity index (χ0n) is 10.1. The van der Waals surface area contributed by atoms with Crippen LogP contribution >= 0.6 is 0 Å². The molecule has 0 aliphatic heterocycles. The molecule has 90 valence electrons. The number of aryl methyl sites for hydroxylation is 1. The average Bonchev–Trinajstić information content (AvgIpc) is 2.79. The van der Waals surface area contributed by atoms with Gasteiger partial charge in [0.25, 0.3) is 0 Å². The third kappa shape index (κ3) is 3.14. The number of H-pyrrole nitrogens is 1. The van der Waals surface area contributed by atoms with E-state index in [1.165, 1.54) is 5.56 Å². The molecule has 0 aliphatic carbocycles. The van der Waals surface area contributed by atoms with Gasteiger partial charge in [0.2, 0.25) is 0 Å². The molecule has 2 rings (SSSR count). The Morgan fingerprint density at radius 2 is 2.06 bits per heavy atom. The Balaban J connectivity index is 2.01. The molecule has 1 heterocycles. The van der Waals surface area contributed by atoms with Gasteiger partial charge in [-0.05, 0) is 18.4 Å². The van der Waals surface area contributed by atoms with Crippen molar-refractivity contribution in [2.45, 2.75) is 32.2 Å². The molecule has 0 bridgehead atoms. The van der Waals surface area contributed by atoms with Crippen LogP contribution in [0, 0.1) is 0 Å². The van der Waals surface area contributed by atoms with Crippen molar-refractivity contribution in [1.29, 1.82) is 0 Å². The number of hydrogen-bond acceptors (Lipinski definition) is 3. The highest BCUT2D eigenvalue weighted by Gasteiger charge is 2.12. The van der Waals surface area contributed by atoms with Crippen LogP contribution in [0.3, 0.4) is 0 Å². The number of aromatic nitrogens is 3. The summed E-state index contributed by atoms with van der Waals surface area (Å²) in [6.45, 7) is 2.12. The van der Waals surface area contributed by atoms with Crippen LogP contribution < -0.4 is 5.73 Å². The van der Waals surface area contributed by atoms with E-state index in [2.05, 4.69) is 34.2 Å². The van der Waals surface area contributed by atoms with Gasteiger partial charge in [-0.15, -0.1) is 0 Å². The SMILES string of the molecule is CCCc1nc(C(N)Cc2ccccc2)n[nH]1. The van der Waals surface area contributed by atoms with Gasteiger partial charge in [-0.25, -0.2) is 4.98 Å². The summed E-state index contributed by atoms with van der Waals surface area (Å²) in [6.07, 6.45) is 2.75. The molecule has 4 heteroatoms. The van der Waals surface area contributed by atoms with Crippen molar-refractivity contribution in [3.63, 3.8) is 0 Å². The third-order valence-corrected chi connectivity index (χ3v) is 2.67. The standard InChI is InChI=1S/C13H18N4/c1-2-6-12-15-13(17-16-12)11(14)9-10-7-4-3-5-8-10/h3-5,7-8,11H,2,6,9,14H2,1H3,(H,15,16,17). The lowest BCUT2D eigenvalue weighted by Gasteiger charge is -2.06. The number of aromatic amines is 1. The van der Waals surface area contributed by atoms with E-state index in [4.69, 9.17) is 5.73 Å². The molecule has 0 spiro atoms. The molecule has 17 heavy (non-hydrogen) atoms. The molecule has 4 nitrogen and oxygen atoms in total. The first kappa shape index (κ1) is 11.8. The minimum atomic E-state index is -0.140. The Bertz CT molecular complexity index is 449. The summed E-state index contributed by atoms with van der Waals surface area (Å²) in [7, 11) is 0. The predicted octanol–water partition coefficient (Wildman–Crippen LogP) is 2.00. The van der Waals surface area contributed by atoms with E-state index in [-0.39, 0.29) is 6.04 Å². The Morgan fingerprint density at radius 1 is 1.29 bits per heavy atom. The van der Waals surface area contributed by atoms with E-state index >= 15 is 0 Å². The third-order valence-electron chi connectivity index (χ3n) is 2.67. The molecular formula is C13H18N4. The predicted molar refractivity (Wildman–Crippen MR) is 67.5 cm³/mol. The first-order valence-corrected chi connectivity index (χ1v) is 6.00. The number of hydrogen-bond donors (Lipinski definition) is 2. The molecule has 1 aromatic heterocycles. The Kier molecular flexibility index (Phi) is 3.88. The van der Waals surface area contributed by atoms with Crippen molar-refractivity contribution < 1.29 is 0 Å². The Hall–Kier alpha value is -1.68.